The minimum atomic E-state index is 0.0293. The molecule has 0 aliphatic carbocycles. The summed E-state index contributed by atoms with van der Waals surface area (Å²) in [5.41, 5.74) is 1.13. The standard InChI is InChI=1S/C11H13NO2.C2H6/c1-11(2,3)8-4-5-12-10-9(8)13-6-7-14-10;1-2/h4-7H,1-3H3;1-2H3. The lowest BCUT2D eigenvalue weighted by atomic mass is 9.87. The fourth-order valence-electron chi connectivity index (χ4n) is 1.41. The molecule has 0 atom stereocenters. The third-order valence-corrected chi connectivity index (χ3v) is 2.10. The maximum absolute atomic E-state index is 5.41. The van der Waals surface area contributed by atoms with Crippen molar-refractivity contribution in [1.29, 1.82) is 0 Å². The van der Waals surface area contributed by atoms with Crippen LogP contribution >= 0.6 is 0 Å². The maximum atomic E-state index is 5.41. The second-order valence-corrected chi connectivity index (χ2v) is 4.25. The van der Waals surface area contributed by atoms with Crippen molar-refractivity contribution in [2.45, 2.75) is 40.0 Å². The number of fused-ring (bicyclic) bond motifs is 1. The lowest BCUT2D eigenvalue weighted by Crippen LogP contribution is -2.14. The first-order valence-corrected chi connectivity index (χ1v) is 5.57. The molecule has 2 rings (SSSR count). The zero-order valence-electron chi connectivity index (χ0n) is 10.6. The van der Waals surface area contributed by atoms with Gasteiger partial charge in [-0.15, -0.1) is 0 Å². The molecule has 1 aliphatic heterocycles. The molecule has 2 heterocycles. The van der Waals surface area contributed by atoms with Crippen molar-refractivity contribution in [2.75, 3.05) is 0 Å². The van der Waals surface area contributed by atoms with Gasteiger partial charge in [-0.05, 0) is 11.5 Å². The summed E-state index contributed by atoms with van der Waals surface area (Å²) >= 11 is 0. The van der Waals surface area contributed by atoms with Gasteiger partial charge in [-0.1, -0.05) is 34.6 Å². The number of aromatic nitrogens is 1. The number of rotatable bonds is 0. The van der Waals surface area contributed by atoms with Crippen LogP contribution in [0.15, 0.2) is 24.8 Å². The maximum Gasteiger partial charge on any atom is 0.262 e. The summed E-state index contributed by atoms with van der Waals surface area (Å²) in [5.74, 6) is 1.27. The summed E-state index contributed by atoms with van der Waals surface area (Å²) in [6.45, 7) is 10.4. The van der Waals surface area contributed by atoms with E-state index in [1.165, 1.54) is 12.5 Å². The molecule has 0 bridgehead atoms. The summed E-state index contributed by atoms with van der Waals surface area (Å²) in [5, 5.41) is 0. The highest BCUT2D eigenvalue weighted by atomic mass is 16.5. The molecule has 1 aliphatic rings. The smallest absolute Gasteiger partial charge is 0.262 e. The summed E-state index contributed by atoms with van der Waals surface area (Å²) in [6.07, 6.45) is 4.75. The minimum absolute atomic E-state index is 0.0293. The molecule has 0 saturated carbocycles. The van der Waals surface area contributed by atoms with Crippen LogP contribution < -0.4 is 9.47 Å². The molecule has 0 spiro atoms. The Balaban J connectivity index is 0.000000606. The third kappa shape index (κ3) is 2.54. The molecule has 3 nitrogen and oxygen atoms in total. The highest BCUT2D eigenvalue weighted by Crippen LogP contribution is 2.38. The van der Waals surface area contributed by atoms with E-state index in [0.29, 0.717) is 5.88 Å². The summed E-state index contributed by atoms with van der Waals surface area (Å²) < 4.78 is 10.7. The van der Waals surface area contributed by atoms with Crippen LogP contribution in [0.2, 0.25) is 0 Å². The highest BCUT2D eigenvalue weighted by Gasteiger charge is 2.23. The molecule has 1 aromatic rings. The SMILES string of the molecule is CC.CC(C)(C)c1ccnc2c1OC=CO2. The normalized spacial score (nSPS) is 12.8. The largest absolute Gasteiger partial charge is 0.456 e. The van der Waals surface area contributed by atoms with Crippen LogP contribution in [0.3, 0.4) is 0 Å². The fraction of sp³-hybridized carbons (Fsp3) is 0.462. The Morgan fingerprint density at radius 2 is 1.69 bits per heavy atom. The van der Waals surface area contributed by atoms with E-state index in [1.54, 1.807) is 6.20 Å². The molecule has 88 valence electrons. The van der Waals surface area contributed by atoms with Crippen molar-refractivity contribution < 1.29 is 9.47 Å². The summed E-state index contributed by atoms with van der Waals surface area (Å²) in [6, 6.07) is 1.96. The zero-order valence-corrected chi connectivity index (χ0v) is 10.6. The molecule has 0 N–H and O–H groups in total. The monoisotopic (exact) mass is 221 g/mol. The van der Waals surface area contributed by atoms with Crippen molar-refractivity contribution in [3.8, 4) is 11.6 Å². The fourth-order valence-corrected chi connectivity index (χ4v) is 1.41. The second kappa shape index (κ2) is 5.01. The van der Waals surface area contributed by atoms with E-state index in [2.05, 4.69) is 25.8 Å². The highest BCUT2D eigenvalue weighted by molar-refractivity contribution is 5.46. The Hall–Kier alpha value is -1.51. The van der Waals surface area contributed by atoms with Crippen molar-refractivity contribution >= 4 is 0 Å². The molecule has 0 aromatic carbocycles. The first kappa shape index (κ1) is 12.6. The van der Waals surface area contributed by atoms with Crippen molar-refractivity contribution in [3.05, 3.63) is 30.4 Å². The average Bonchev–Trinajstić information content (AvgIpc) is 2.30. The van der Waals surface area contributed by atoms with Crippen LogP contribution in [-0.2, 0) is 5.41 Å². The molecular weight excluding hydrogens is 202 g/mol. The lowest BCUT2D eigenvalue weighted by molar-refractivity contribution is 0.340. The molecular formula is C13H19NO2. The van der Waals surface area contributed by atoms with Crippen LogP contribution in [-0.4, -0.2) is 4.98 Å². The molecule has 0 fully saturated rings. The van der Waals surface area contributed by atoms with Gasteiger partial charge in [-0.3, -0.25) is 0 Å². The van der Waals surface area contributed by atoms with Crippen LogP contribution in [0, 0.1) is 0 Å². The average molecular weight is 221 g/mol. The van der Waals surface area contributed by atoms with Gasteiger partial charge in [-0.25, -0.2) is 4.98 Å². The minimum Gasteiger partial charge on any atom is -0.456 e. The van der Waals surface area contributed by atoms with E-state index in [-0.39, 0.29) is 5.41 Å². The van der Waals surface area contributed by atoms with E-state index < -0.39 is 0 Å². The Morgan fingerprint density at radius 3 is 2.31 bits per heavy atom. The third-order valence-electron chi connectivity index (χ3n) is 2.10. The predicted octanol–water partition coefficient (Wildman–Crippen LogP) is 3.65. The molecule has 3 heteroatoms. The van der Waals surface area contributed by atoms with Gasteiger partial charge in [0.1, 0.15) is 12.5 Å². The molecule has 1 aromatic heterocycles. The van der Waals surface area contributed by atoms with Crippen molar-refractivity contribution in [2.24, 2.45) is 0 Å². The topological polar surface area (TPSA) is 31.4 Å². The number of hydrogen-bond acceptors (Lipinski definition) is 3. The zero-order chi connectivity index (χ0) is 12.2. The van der Waals surface area contributed by atoms with Crippen molar-refractivity contribution in [3.63, 3.8) is 0 Å². The Bertz CT molecular complexity index is 378. The Labute approximate surface area is 97.1 Å². The van der Waals surface area contributed by atoms with E-state index >= 15 is 0 Å². The van der Waals surface area contributed by atoms with Gasteiger partial charge in [0.05, 0.1) is 0 Å². The van der Waals surface area contributed by atoms with Gasteiger partial charge in [-0.2, -0.15) is 0 Å². The van der Waals surface area contributed by atoms with E-state index in [4.69, 9.17) is 9.47 Å². The van der Waals surface area contributed by atoms with Crippen LogP contribution in [0.5, 0.6) is 11.6 Å². The number of pyridine rings is 1. The van der Waals surface area contributed by atoms with Gasteiger partial charge < -0.3 is 9.47 Å². The van der Waals surface area contributed by atoms with Crippen molar-refractivity contribution in [1.82, 2.24) is 4.98 Å². The number of hydrogen-bond donors (Lipinski definition) is 0. The van der Waals surface area contributed by atoms with E-state index in [1.807, 2.05) is 19.9 Å². The van der Waals surface area contributed by atoms with Gasteiger partial charge in [0.25, 0.3) is 5.88 Å². The second-order valence-electron chi connectivity index (χ2n) is 4.25. The quantitative estimate of drug-likeness (QED) is 0.670. The number of ether oxygens (including phenoxy) is 2. The molecule has 0 saturated heterocycles. The van der Waals surface area contributed by atoms with E-state index in [9.17, 15) is 0 Å². The van der Waals surface area contributed by atoms with Crippen LogP contribution in [0.4, 0.5) is 0 Å². The van der Waals surface area contributed by atoms with Gasteiger partial charge in [0.15, 0.2) is 5.75 Å². The van der Waals surface area contributed by atoms with Crippen LogP contribution in [0.25, 0.3) is 0 Å². The molecule has 0 unspecified atom stereocenters. The first-order valence-electron chi connectivity index (χ1n) is 5.57. The Kier molecular flexibility index (Phi) is 3.93. The molecule has 0 radical (unpaired) electrons. The van der Waals surface area contributed by atoms with E-state index in [0.717, 1.165) is 11.3 Å². The van der Waals surface area contributed by atoms with Gasteiger partial charge >= 0.3 is 0 Å². The van der Waals surface area contributed by atoms with Crippen LogP contribution in [0.1, 0.15) is 40.2 Å². The predicted molar refractivity (Wildman–Crippen MR) is 64.7 cm³/mol. The van der Waals surface area contributed by atoms with Gasteiger partial charge in [0, 0.05) is 11.8 Å². The lowest BCUT2D eigenvalue weighted by Gasteiger charge is -2.23. The Morgan fingerprint density at radius 1 is 1.06 bits per heavy atom. The summed E-state index contributed by atoms with van der Waals surface area (Å²) in [7, 11) is 0. The first-order chi connectivity index (χ1) is 7.59. The molecule has 16 heavy (non-hydrogen) atoms. The summed E-state index contributed by atoms with van der Waals surface area (Å²) in [4.78, 5) is 4.09. The molecule has 0 amide bonds. The van der Waals surface area contributed by atoms with Gasteiger partial charge in [0.2, 0.25) is 0 Å². The number of nitrogens with zero attached hydrogens (tertiary/aromatic N) is 1.